The first kappa shape index (κ1) is 16.9. The van der Waals surface area contributed by atoms with Gasteiger partial charge in [0.15, 0.2) is 11.4 Å². The summed E-state index contributed by atoms with van der Waals surface area (Å²) in [4.78, 5) is 27.5. The first-order chi connectivity index (χ1) is 13.0. The molecule has 0 saturated heterocycles. The Morgan fingerprint density at radius 1 is 1.19 bits per heavy atom. The third-order valence-electron chi connectivity index (χ3n) is 4.11. The van der Waals surface area contributed by atoms with Crippen LogP contribution in [0, 0.1) is 0 Å². The summed E-state index contributed by atoms with van der Waals surface area (Å²) >= 11 is 5.98. The summed E-state index contributed by atoms with van der Waals surface area (Å²) in [6.45, 7) is 0. The van der Waals surface area contributed by atoms with E-state index in [4.69, 9.17) is 11.6 Å². The third kappa shape index (κ3) is 2.85. The number of amides is 1. The average molecular weight is 382 g/mol. The fourth-order valence-electron chi connectivity index (χ4n) is 2.84. The van der Waals surface area contributed by atoms with E-state index < -0.39 is 5.91 Å². The Hall–Kier alpha value is -3.52. The molecule has 8 nitrogen and oxygen atoms in total. The summed E-state index contributed by atoms with van der Waals surface area (Å²) < 4.78 is 1.08. The summed E-state index contributed by atoms with van der Waals surface area (Å²) in [5.41, 5.74) is 0.371. The number of azo groups is 1. The Balaban J connectivity index is 1.81. The number of hydrogen-bond donors (Lipinski definition) is 2. The quantitative estimate of drug-likeness (QED) is 0.515. The zero-order chi connectivity index (χ0) is 19.1. The lowest BCUT2D eigenvalue weighted by molar-refractivity contribution is 0.0990. The lowest BCUT2D eigenvalue weighted by atomic mass is 10.1. The van der Waals surface area contributed by atoms with Crippen LogP contribution in [0.3, 0.4) is 0 Å². The van der Waals surface area contributed by atoms with E-state index in [0.717, 1.165) is 4.68 Å². The normalized spacial score (nSPS) is 11.6. The van der Waals surface area contributed by atoms with Crippen LogP contribution in [-0.2, 0) is 7.05 Å². The Kier molecular flexibility index (Phi) is 3.97. The maximum absolute atomic E-state index is 12.6. The molecule has 27 heavy (non-hydrogen) atoms. The minimum Gasteiger partial charge on any atom is -0.493 e. The van der Waals surface area contributed by atoms with Crippen molar-refractivity contribution in [1.82, 2.24) is 14.8 Å². The number of nitrogens with one attached hydrogen (secondary N) is 1. The highest BCUT2D eigenvalue weighted by molar-refractivity contribution is 6.31. The molecule has 0 fully saturated rings. The molecule has 0 bridgehead atoms. The summed E-state index contributed by atoms with van der Waals surface area (Å²) in [6, 6.07) is 11.6. The number of rotatable bonds is 2. The highest BCUT2D eigenvalue weighted by Crippen LogP contribution is 2.36. The lowest BCUT2D eigenvalue weighted by Crippen LogP contribution is -2.22. The van der Waals surface area contributed by atoms with Crippen molar-refractivity contribution in [3.63, 3.8) is 0 Å². The molecule has 134 valence electrons. The molecule has 0 saturated carbocycles. The number of H-pyrrole nitrogens is 1. The van der Waals surface area contributed by atoms with Crippen LogP contribution in [0.5, 0.6) is 5.88 Å². The number of aromatic amines is 1. The lowest BCUT2D eigenvalue weighted by Gasteiger charge is -2.04. The molecular weight excluding hydrogens is 370 g/mol. The van der Waals surface area contributed by atoms with Crippen molar-refractivity contribution in [1.29, 1.82) is 0 Å². The molecule has 2 N–H and O–H groups in total. The van der Waals surface area contributed by atoms with Crippen molar-refractivity contribution >= 4 is 44.9 Å². The summed E-state index contributed by atoms with van der Waals surface area (Å²) in [5, 5.41) is 23.3. The number of carbonyl (C=O) groups excluding carboxylic acids is 1. The van der Waals surface area contributed by atoms with Gasteiger partial charge in [0.2, 0.25) is 5.88 Å². The van der Waals surface area contributed by atoms with E-state index in [1.54, 1.807) is 42.5 Å². The van der Waals surface area contributed by atoms with Gasteiger partial charge < -0.3 is 10.1 Å². The molecule has 0 spiro atoms. The maximum Gasteiger partial charge on any atom is 0.316 e. The van der Waals surface area contributed by atoms with Gasteiger partial charge in [-0.25, -0.2) is 4.68 Å². The number of aryl methyl sites for hydroxylation is 1. The monoisotopic (exact) mass is 381 g/mol. The van der Waals surface area contributed by atoms with Gasteiger partial charge in [0.05, 0.1) is 10.9 Å². The van der Waals surface area contributed by atoms with Crippen molar-refractivity contribution in [2.45, 2.75) is 0 Å². The zero-order valence-electron chi connectivity index (χ0n) is 14.0. The predicted molar refractivity (Wildman–Crippen MR) is 101 cm³/mol. The Labute approximate surface area is 156 Å². The molecule has 2 heterocycles. The largest absolute Gasteiger partial charge is 0.493 e. The highest BCUT2D eigenvalue weighted by Gasteiger charge is 2.16. The molecule has 4 rings (SSSR count). The van der Waals surface area contributed by atoms with Gasteiger partial charge in [-0.2, -0.15) is 5.10 Å². The number of nitrogens with zero attached hydrogens (tertiary/aromatic N) is 4. The van der Waals surface area contributed by atoms with Crippen LogP contribution in [0.4, 0.5) is 5.69 Å². The van der Waals surface area contributed by atoms with E-state index in [2.05, 4.69) is 20.3 Å². The minimum atomic E-state index is -0.738. The van der Waals surface area contributed by atoms with Gasteiger partial charge in [0, 0.05) is 22.8 Å². The molecule has 0 aliphatic heterocycles. The molecule has 2 aromatic heterocycles. The highest BCUT2D eigenvalue weighted by atomic mass is 35.5. The summed E-state index contributed by atoms with van der Waals surface area (Å²) in [5.74, 6) is -0.973. The minimum absolute atomic E-state index is 0.00573. The molecule has 0 aliphatic carbocycles. The van der Waals surface area contributed by atoms with Gasteiger partial charge in [0.25, 0.3) is 5.56 Å². The van der Waals surface area contributed by atoms with Crippen LogP contribution in [0.25, 0.3) is 21.7 Å². The van der Waals surface area contributed by atoms with Crippen LogP contribution >= 0.6 is 11.6 Å². The van der Waals surface area contributed by atoms with Gasteiger partial charge in [-0.3, -0.25) is 9.59 Å². The Bertz CT molecular complexity index is 1310. The number of carbonyl (C=O) groups is 1. The topological polar surface area (TPSA) is 113 Å². The average Bonchev–Trinajstić information content (AvgIpc) is 2.97. The number of aromatic nitrogens is 3. The molecule has 0 unspecified atom stereocenters. The van der Waals surface area contributed by atoms with Crippen LogP contribution < -0.4 is 5.56 Å². The second kappa shape index (κ2) is 6.33. The van der Waals surface area contributed by atoms with E-state index in [-0.39, 0.29) is 22.8 Å². The third-order valence-corrected chi connectivity index (χ3v) is 4.35. The summed E-state index contributed by atoms with van der Waals surface area (Å²) in [7, 11) is 1.45. The van der Waals surface area contributed by atoms with E-state index in [9.17, 15) is 14.7 Å². The van der Waals surface area contributed by atoms with E-state index in [1.807, 2.05) is 0 Å². The molecule has 9 heteroatoms. The smallest absolute Gasteiger partial charge is 0.316 e. The first-order valence-corrected chi connectivity index (χ1v) is 8.26. The number of benzene rings is 2. The van der Waals surface area contributed by atoms with Gasteiger partial charge in [-0.1, -0.05) is 29.8 Å². The second-order valence-corrected chi connectivity index (χ2v) is 6.28. The Morgan fingerprint density at radius 3 is 2.70 bits per heavy atom. The maximum atomic E-state index is 12.6. The van der Waals surface area contributed by atoms with Crippen molar-refractivity contribution in [3.8, 4) is 5.88 Å². The van der Waals surface area contributed by atoms with Crippen molar-refractivity contribution in [2.24, 2.45) is 17.3 Å². The fraction of sp³-hybridized carbons (Fsp3) is 0.0556. The van der Waals surface area contributed by atoms with Gasteiger partial charge in [-0.05, 0) is 24.3 Å². The van der Waals surface area contributed by atoms with Gasteiger partial charge >= 0.3 is 5.91 Å². The van der Waals surface area contributed by atoms with E-state index in [1.165, 1.54) is 7.05 Å². The van der Waals surface area contributed by atoms with E-state index >= 15 is 0 Å². The SMILES string of the molecule is Cn1nc(C(=O)N=Nc2c(O)[nH]c3ccc(Cl)cc23)c2ccccc2c1=O. The van der Waals surface area contributed by atoms with Crippen LogP contribution in [-0.4, -0.2) is 25.8 Å². The van der Waals surface area contributed by atoms with Crippen LogP contribution in [0.1, 0.15) is 10.5 Å². The predicted octanol–water partition coefficient (Wildman–Crippen LogP) is 3.70. The second-order valence-electron chi connectivity index (χ2n) is 5.84. The molecular formula is C18H12ClN5O3. The van der Waals surface area contributed by atoms with Crippen molar-refractivity contribution in [3.05, 3.63) is 63.5 Å². The summed E-state index contributed by atoms with van der Waals surface area (Å²) in [6.07, 6.45) is 0. The number of hydrogen-bond acceptors (Lipinski definition) is 5. The zero-order valence-corrected chi connectivity index (χ0v) is 14.7. The van der Waals surface area contributed by atoms with E-state index in [0.29, 0.717) is 26.7 Å². The van der Waals surface area contributed by atoms with Crippen molar-refractivity contribution < 1.29 is 9.90 Å². The first-order valence-electron chi connectivity index (χ1n) is 7.88. The fourth-order valence-corrected chi connectivity index (χ4v) is 3.01. The standard InChI is InChI=1S/C18H12ClN5O3/c1-24-18(27)11-5-3-2-4-10(11)15(23-24)17(26)22-21-14-12-8-9(19)6-7-13(12)20-16(14)25/h2-8,20,25H,1H3. The Morgan fingerprint density at radius 2 is 1.93 bits per heavy atom. The molecule has 0 radical (unpaired) electrons. The van der Waals surface area contributed by atoms with Gasteiger partial charge in [0.1, 0.15) is 0 Å². The molecule has 0 aliphatic rings. The molecule has 0 atom stereocenters. The van der Waals surface area contributed by atoms with Crippen LogP contribution in [0.2, 0.25) is 5.02 Å². The molecule has 2 aromatic carbocycles. The number of fused-ring (bicyclic) bond motifs is 2. The van der Waals surface area contributed by atoms with Crippen LogP contribution in [0.15, 0.2) is 57.5 Å². The molecule has 1 amide bonds. The molecule has 4 aromatic rings. The van der Waals surface area contributed by atoms with Crippen molar-refractivity contribution in [2.75, 3.05) is 0 Å². The number of aromatic hydroxyl groups is 1. The van der Waals surface area contributed by atoms with Gasteiger partial charge in [-0.15, -0.1) is 10.2 Å². The number of halogens is 1.